The summed E-state index contributed by atoms with van der Waals surface area (Å²) in [6, 6.07) is 7.88. The number of hydrogen-bond donors (Lipinski definition) is 0. The molecule has 1 unspecified atom stereocenters. The smallest absolute Gasteiger partial charge is 0.229 e. The van der Waals surface area contributed by atoms with Gasteiger partial charge in [0.2, 0.25) is 5.91 Å². The van der Waals surface area contributed by atoms with Crippen LogP contribution >= 0.6 is 0 Å². The maximum Gasteiger partial charge on any atom is 0.229 e. The zero-order chi connectivity index (χ0) is 10.1. The second-order valence-corrected chi connectivity index (χ2v) is 3.49. The molecule has 1 aromatic carbocycles. The van der Waals surface area contributed by atoms with Crippen LogP contribution in [0.15, 0.2) is 24.3 Å². The Labute approximate surface area is 83.3 Å². The van der Waals surface area contributed by atoms with Crippen LogP contribution in [-0.2, 0) is 4.79 Å². The molecule has 1 aliphatic heterocycles. The number of rotatable bonds is 2. The maximum atomic E-state index is 11.4. The zero-order valence-corrected chi connectivity index (χ0v) is 8.36. The molecule has 0 aliphatic carbocycles. The Bertz CT molecular complexity index is 362. The third kappa shape index (κ3) is 1.25. The largest absolute Gasteiger partial charge is 0.495 e. The number of carbonyl (C=O) groups excluding carboxylic acids is 1. The molecule has 1 saturated heterocycles. The van der Waals surface area contributed by atoms with Gasteiger partial charge in [-0.3, -0.25) is 4.79 Å². The zero-order valence-electron chi connectivity index (χ0n) is 8.36. The van der Waals surface area contributed by atoms with Crippen LogP contribution in [-0.4, -0.2) is 19.1 Å². The third-order valence-corrected chi connectivity index (χ3v) is 2.52. The van der Waals surface area contributed by atoms with Gasteiger partial charge >= 0.3 is 0 Å². The van der Waals surface area contributed by atoms with E-state index in [1.165, 1.54) is 0 Å². The van der Waals surface area contributed by atoms with Crippen LogP contribution < -0.4 is 9.64 Å². The second kappa shape index (κ2) is 3.33. The molecule has 14 heavy (non-hydrogen) atoms. The average Bonchev–Trinajstić information content (AvgIpc) is 2.18. The predicted octanol–water partition coefficient (Wildman–Crippen LogP) is 1.82. The van der Waals surface area contributed by atoms with Gasteiger partial charge in [-0.1, -0.05) is 12.1 Å². The molecule has 1 heterocycles. The minimum Gasteiger partial charge on any atom is -0.495 e. The van der Waals surface area contributed by atoms with Gasteiger partial charge in [-0.2, -0.15) is 0 Å². The summed E-state index contributed by atoms with van der Waals surface area (Å²) < 4.78 is 5.20. The Morgan fingerprint density at radius 3 is 2.71 bits per heavy atom. The van der Waals surface area contributed by atoms with Gasteiger partial charge in [-0.25, -0.2) is 0 Å². The van der Waals surface area contributed by atoms with Gasteiger partial charge in [-0.15, -0.1) is 0 Å². The summed E-state index contributed by atoms with van der Waals surface area (Å²) >= 11 is 0. The number of amides is 1. The first-order valence-electron chi connectivity index (χ1n) is 4.69. The van der Waals surface area contributed by atoms with Gasteiger partial charge in [0.25, 0.3) is 0 Å². The molecule has 1 aromatic rings. The van der Waals surface area contributed by atoms with Crippen molar-refractivity contribution in [2.75, 3.05) is 12.0 Å². The SMILES string of the molecule is COc1ccccc1N1C(=O)CC1C. The van der Waals surface area contributed by atoms with Crippen molar-refractivity contribution in [1.29, 1.82) is 0 Å². The van der Waals surface area contributed by atoms with E-state index in [4.69, 9.17) is 4.74 Å². The summed E-state index contributed by atoms with van der Waals surface area (Å²) in [7, 11) is 1.62. The van der Waals surface area contributed by atoms with E-state index in [2.05, 4.69) is 0 Å². The van der Waals surface area contributed by atoms with Crippen molar-refractivity contribution in [2.45, 2.75) is 19.4 Å². The Morgan fingerprint density at radius 2 is 2.14 bits per heavy atom. The summed E-state index contributed by atoms with van der Waals surface area (Å²) in [6.45, 7) is 2.04. The van der Waals surface area contributed by atoms with Crippen molar-refractivity contribution >= 4 is 11.6 Å². The van der Waals surface area contributed by atoms with Crippen molar-refractivity contribution in [3.8, 4) is 5.75 Å². The van der Waals surface area contributed by atoms with Crippen LogP contribution in [0.25, 0.3) is 0 Å². The van der Waals surface area contributed by atoms with E-state index in [0.29, 0.717) is 12.5 Å². The van der Waals surface area contributed by atoms with Crippen molar-refractivity contribution in [1.82, 2.24) is 0 Å². The number of β-lactam (4-membered cyclic amide) rings is 1. The first-order valence-corrected chi connectivity index (χ1v) is 4.69. The average molecular weight is 191 g/mol. The van der Waals surface area contributed by atoms with E-state index in [0.717, 1.165) is 11.4 Å². The monoisotopic (exact) mass is 191 g/mol. The van der Waals surface area contributed by atoms with Gasteiger partial charge in [0.1, 0.15) is 5.75 Å². The van der Waals surface area contributed by atoms with Crippen LogP contribution in [0.5, 0.6) is 5.75 Å². The van der Waals surface area contributed by atoms with Crippen LogP contribution in [0.2, 0.25) is 0 Å². The minimum atomic E-state index is 0.169. The summed E-state index contributed by atoms with van der Waals surface area (Å²) in [6.07, 6.45) is 0.637. The highest BCUT2D eigenvalue weighted by atomic mass is 16.5. The summed E-state index contributed by atoms with van der Waals surface area (Å²) in [5.41, 5.74) is 0.874. The molecule has 0 radical (unpaired) electrons. The van der Waals surface area contributed by atoms with Gasteiger partial charge in [-0.05, 0) is 19.1 Å². The number of nitrogens with zero attached hydrogens (tertiary/aromatic N) is 1. The molecule has 2 rings (SSSR count). The minimum absolute atomic E-state index is 0.169. The summed E-state index contributed by atoms with van der Waals surface area (Å²) in [4.78, 5) is 13.2. The number of hydrogen-bond acceptors (Lipinski definition) is 2. The van der Waals surface area contributed by atoms with Gasteiger partial charge < -0.3 is 9.64 Å². The molecular formula is C11H13NO2. The Hall–Kier alpha value is -1.51. The Kier molecular flexibility index (Phi) is 2.15. The number of ether oxygens (including phenoxy) is 1. The van der Waals surface area contributed by atoms with E-state index in [1.807, 2.05) is 31.2 Å². The van der Waals surface area contributed by atoms with Gasteiger partial charge in [0, 0.05) is 12.5 Å². The van der Waals surface area contributed by atoms with Crippen LogP contribution in [0, 0.1) is 0 Å². The van der Waals surface area contributed by atoms with Crippen molar-refractivity contribution in [3.63, 3.8) is 0 Å². The fourth-order valence-electron chi connectivity index (χ4n) is 1.78. The lowest BCUT2D eigenvalue weighted by atomic mass is 10.0. The van der Waals surface area contributed by atoms with E-state index in [9.17, 15) is 4.79 Å². The fraction of sp³-hybridized carbons (Fsp3) is 0.364. The first-order chi connectivity index (χ1) is 6.74. The Balaban J connectivity index is 2.35. The lowest BCUT2D eigenvalue weighted by Gasteiger charge is -2.38. The molecule has 3 heteroatoms. The van der Waals surface area contributed by atoms with Crippen molar-refractivity contribution < 1.29 is 9.53 Å². The summed E-state index contributed by atoms with van der Waals surface area (Å²) in [5, 5.41) is 0. The van der Waals surface area contributed by atoms with E-state index in [1.54, 1.807) is 12.0 Å². The fourth-order valence-corrected chi connectivity index (χ4v) is 1.78. The van der Waals surface area contributed by atoms with E-state index in [-0.39, 0.29) is 5.91 Å². The van der Waals surface area contributed by atoms with E-state index < -0.39 is 0 Å². The van der Waals surface area contributed by atoms with E-state index >= 15 is 0 Å². The normalized spacial score (nSPS) is 20.6. The molecule has 3 nitrogen and oxygen atoms in total. The molecule has 1 fully saturated rings. The Morgan fingerprint density at radius 1 is 1.43 bits per heavy atom. The molecule has 1 atom stereocenters. The van der Waals surface area contributed by atoms with Crippen molar-refractivity contribution in [3.05, 3.63) is 24.3 Å². The van der Waals surface area contributed by atoms with Gasteiger partial charge in [0.15, 0.2) is 0 Å². The molecule has 1 amide bonds. The number of benzene rings is 1. The molecule has 0 saturated carbocycles. The van der Waals surface area contributed by atoms with Crippen LogP contribution in [0.1, 0.15) is 13.3 Å². The highest BCUT2D eigenvalue weighted by Gasteiger charge is 2.34. The number of carbonyl (C=O) groups is 1. The highest BCUT2D eigenvalue weighted by molar-refractivity contribution is 6.01. The molecule has 0 bridgehead atoms. The predicted molar refractivity (Wildman–Crippen MR) is 54.6 cm³/mol. The second-order valence-electron chi connectivity index (χ2n) is 3.49. The number of methoxy groups -OCH3 is 1. The van der Waals surface area contributed by atoms with Crippen LogP contribution in [0.3, 0.4) is 0 Å². The first kappa shape index (κ1) is 9.06. The molecular weight excluding hydrogens is 178 g/mol. The molecule has 0 spiro atoms. The topological polar surface area (TPSA) is 29.5 Å². The lowest BCUT2D eigenvalue weighted by Crippen LogP contribution is -2.51. The number of anilines is 1. The summed E-state index contributed by atoms with van der Waals surface area (Å²) in [5.74, 6) is 0.925. The van der Waals surface area contributed by atoms with Crippen molar-refractivity contribution in [2.24, 2.45) is 0 Å². The lowest BCUT2D eigenvalue weighted by molar-refractivity contribution is -0.123. The van der Waals surface area contributed by atoms with Gasteiger partial charge in [0.05, 0.1) is 12.8 Å². The molecule has 74 valence electrons. The third-order valence-electron chi connectivity index (χ3n) is 2.52. The molecule has 1 aliphatic rings. The highest BCUT2D eigenvalue weighted by Crippen LogP contribution is 2.34. The quantitative estimate of drug-likeness (QED) is 0.667. The maximum absolute atomic E-state index is 11.4. The molecule has 0 aromatic heterocycles. The molecule has 0 N–H and O–H groups in total. The van der Waals surface area contributed by atoms with Crippen LogP contribution in [0.4, 0.5) is 5.69 Å². The number of para-hydroxylation sites is 2. The standard InChI is InChI=1S/C11H13NO2/c1-8-7-11(13)12(8)9-5-3-4-6-10(9)14-2/h3-6,8H,7H2,1-2H3.